The number of aliphatic carboxylic acids is 1. The Morgan fingerprint density at radius 3 is 2.79 bits per heavy atom. The van der Waals surface area contributed by atoms with E-state index in [1.54, 1.807) is 0 Å². The predicted octanol–water partition coefficient (Wildman–Crippen LogP) is 1.77. The quantitative estimate of drug-likeness (QED) is 0.801. The highest BCUT2D eigenvalue weighted by atomic mass is 32.2. The van der Waals surface area contributed by atoms with Crippen LogP contribution in [0.5, 0.6) is 0 Å². The smallest absolute Gasteiger partial charge is 0.328 e. The first kappa shape index (κ1) is 15.5. The molecule has 0 aliphatic heterocycles. The van der Waals surface area contributed by atoms with E-state index in [2.05, 4.69) is 5.32 Å². The van der Waals surface area contributed by atoms with Crippen molar-refractivity contribution in [3.63, 3.8) is 0 Å². The van der Waals surface area contributed by atoms with Crippen LogP contribution in [0.15, 0.2) is 24.3 Å². The minimum atomic E-state index is -1.45. The Labute approximate surface area is 115 Å². The lowest BCUT2D eigenvalue weighted by Gasteiger charge is -2.10. The SMILES string of the molecule is Cc1cccc(CSCC(=O)NC(CF)C(=O)O)c1. The first-order valence-electron chi connectivity index (χ1n) is 5.74. The van der Waals surface area contributed by atoms with Crippen LogP contribution in [0.3, 0.4) is 0 Å². The average molecular weight is 285 g/mol. The number of rotatable bonds is 7. The van der Waals surface area contributed by atoms with Gasteiger partial charge in [0.25, 0.3) is 0 Å². The molecule has 0 saturated carbocycles. The van der Waals surface area contributed by atoms with Crippen LogP contribution in [-0.4, -0.2) is 35.5 Å². The van der Waals surface area contributed by atoms with Gasteiger partial charge in [0.1, 0.15) is 6.67 Å². The third kappa shape index (κ3) is 5.74. The molecule has 2 N–H and O–H groups in total. The van der Waals surface area contributed by atoms with Gasteiger partial charge < -0.3 is 10.4 Å². The summed E-state index contributed by atoms with van der Waals surface area (Å²) in [4.78, 5) is 21.9. The van der Waals surface area contributed by atoms with Gasteiger partial charge in [0.15, 0.2) is 6.04 Å². The third-order valence-electron chi connectivity index (χ3n) is 2.37. The van der Waals surface area contributed by atoms with Crippen LogP contribution < -0.4 is 5.32 Å². The number of aryl methyl sites for hydroxylation is 1. The summed E-state index contributed by atoms with van der Waals surface area (Å²) in [6.45, 7) is 0.878. The number of carbonyl (C=O) groups excluding carboxylic acids is 1. The molecular weight excluding hydrogens is 269 g/mol. The summed E-state index contributed by atoms with van der Waals surface area (Å²) in [5, 5.41) is 10.7. The van der Waals surface area contributed by atoms with Gasteiger partial charge in [-0.15, -0.1) is 11.8 Å². The molecule has 0 spiro atoms. The van der Waals surface area contributed by atoms with Crippen molar-refractivity contribution in [2.45, 2.75) is 18.7 Å². The summed E-state index contributed by atoms with van der Waals surface area (Å²) in [5.74, 6) is -1.07. The van der Waals surface area contributed by atoms with Crippen molar-refractivity contribution >= 4 is 23.6 Å². The largest absolute Gasteiger partial charge is 0.480 e. The second-order valence-electron chi connectivity index (χ2n) is 4.09. The van der Waals surface area contributed by atoms with Gasteiger partial charge in [-0.2, -0.15) is 0 Å². The maximum Gasteiger partial charge on any atom is 0.328 e. The molecule has 0 saturated heterocycles. The van der Waals surface area contributed by atoms with Crippen LogP contribution in [-0.2, 0) is 15.3 Å². The topological polar surface area (TPSA) is 66.4 Å². The Morgan fingerprint density at radius 2 is 2.21 bits per heavy atom. The van der Waals surface area contributed by atoms with Gasteiger partial charge >= 0.3 is 5.97 Å². The fourth-order valence-electron chi connectivity index (χ4n) is 1.47. The van der Waals surface area contributed by atoms with Crippen molar-refractivity contribution in [2.24, 2.45) is 0 Å². The van der Waals surface area contributed by atoms with E-state index in [0.717, 1.165) is 11.1 Å². The Balaban J connectivity index is 2.33. The molecule has 1 atom stereocenters. The summed E-state index contributed by atoms with van der Waals surface area (Å²) in [6, 6.07) is 6.45. The fourth-order valence-corrected chi connectivity index (χ4v) is 2.25. The van der Waals surface area contributed by atoms with Gasteiger partial charge in [-0.3, -0.25) is 4.79 Å². The number of carbonyl (C=O) groups is 2. The highest BCUT2D eigenvalue weighted by Gasteiger charge is 2.19. The van der Waals surface area contributed by atoms with Crippen LogP contribution in [0.2, 0.25) is 0 Å². The molecule has 1 aromatic rings. The standard InChI is InChI=1S/C13H16FNO3S/c1-9-3-2-4-10(5-9)7-19-8-12(16)15-11(6-14)13(17)18/h2-5,11H,6-8H2,1H3,(H,15,16)(H,17,18). The van der Waals surface area contributed by atoms with E-state index in [9.17, 15) is 14.0 Å². The summed E-state index contributed by atoms with van der Waals surface area (Å²) in [6.07, 6.45) is 0. The second-order valence-corrected chi connectivity index (χ2v) is 5.08. The zero-order valence-corrected chi connectivity index (χ0v) is 11.4. The van der Waals surface area contributed by atoms with Gasteiger partial charge in [-0.1, -0.05) is 29.8 Å². The number of thioether (sulfide) groups is 1. The van der Waals surface area contributed by atoms with E-state index in [4.69, 9.17) is 5.11 Å². The Morgan fingerprint density at radius 1 is 1.47 bits per heavy atom. The zero-order chi connectivity index (χ0) is 14.3. The van der Waals surface area contributed by atoms with E-state index < -0.39 is 24.6 Å². The zero-order valence-electron chi connectivity index (χ0n) is 10.6. The van der Waals surface area contributed by atoms with Crippen LogP contribution >= 0.6 is 11.8 Å². The van der Waals surface area contributed by atoms with Crippen molar-refractivity contribution in [2.75, 3.05) is 12.4 Å². The number of carboxylic acid groups (broad SMARTS) is 1. The summed E-state index contributed by atoms with van der Waals surface area (Å²) < 4.78 is 12.3. The molecule has 0 heterocycles. The first-order chi connectivity index (χ1) is 9.02. The maximum atomic E-state index is 12.3. The molecule has 1 rings (SSSR count). The van der Waals surface area contributed by atoms with E-state index in [-0.39, 0.29) is 5.75 Å². The number of benzene rings is 1. The first-order valence-corrected chi connectivity index (χ1v) is 6.90. The molecule has 1 unspecified atom stereocenters. The number of hydrogen-bond acceptors (Lipinski definition) is 3. The number of alkyl halides is 1. The highest BCUT2D eigenvalue weighted by Crippen LogP contribution is 2.13. The molecule has 1 amide bonds. The summed E-state index contributed by atoms with van der Waals surface area (Å²) >= 11 is 1.36. The lowest BCUT2D eigenvalue weighted by atomic mass is 10.2. The van der Waals surface area contributed by atoms with Gasteiger partial charge in [0.2, 0.25) is 5.91 Å². The van der Waals surface area contributed by atoms with Crippen molar-refractivity contribution in [1.29, 1.82) is 0 Å². The normalized spacial score (nSPS) is 11.9. The molecule has 0 radical (unpaired) electrons. The molecule has 0 aromatic heterocycles. The third-order valence-corrected chi connectivity index (χ3v) is 3.38. The van der Waals surface area contributed by atoms with E-state index in [1.165, 1.54) is 11.8 Å². The van der Waals surface area contributed by atoms with Crippen LogP contribution in [0.1, 0.15) is 11.1 Å². The van der Waals surface area contributed by atoms with Crippen molar-refractivity contribution in [3.8, 4) is 0 Å². The Bertz CT molecular complexity index is 453. The summed E-state index contributed by atoms with van der Waals surface area (Å²) in [7, 11) is 0. The molecule has 0 aliphatic rings. The van der Waals surface area contributed by atoms with Crippen LogP contribution in [0.4, 0.5) is 4.39 Å². The van der Waals surface area contributed by atoms with Crippen molar-refractivity contribution < 1.29 is 19.1 Å². The monoisotopic (exact) mass is 285 g/mol. The molecule has 104 valence electrons. The van der Waals surface area contributed by atoms with E-state index in [1.807, 2.05) is 31.2 Å². The molecule has 19 heavy (non-hydrogen) atoms. The molecular formula is C13H16FNO3S. The minimum absolute atomic E-state index is 0.109. The molecule has 0 fully saturated rings. The van der Waals surface area contributed by atoms with Gasteiger partial charge in [-0.05, 0) is 12.5 Å². The Kier molecular flexibility index (Phi) is 6.35. The molecule has 6 heteroatoms. The minimum Gasteiger partial charge on any atom is -0.480 e. The average Bonchev–Trinajstić information content (AvgIpc) is 2.35. The fraction of sp³-hybridized carbons (Fsp3) is 0.385. The van der Waals surface area contributed by atoms with E-state index >= 15 is 0 Å². The molecule has 0 bridgehead atoms. The lowest BCUT2D eigenvalue weighted by molar-refractivity contribution is -0.141. The van der Waals surface area contributed by atoms with Crippen molar-refractivity contribution in [1.82, 2.24) is 5.32 Å². The molecule has 4 nitrogen and oxygen atoms in total. The van der Waals surface area contributed by atoms with Crippen LogP contribution in [0.25, 0.3) is 0 Å². The molecule has 0 aliphatic carbocycles. The molecule has 1 aromatic carbocycles. The Hall–Kier alpha value is -1.56. The second kappa shape index (κ2) is 7.78. The lowest BCUT2D eigenvalue weighted by Crippen LogP contribution is -2.43. The predicted molar refractivity (Wildman–Crippen MR) is 72.9 cm³/mol. The van der Waals surface area contributed by atoms with Gasteiger partial charge in [0, 0.05) is 5.75 Å². The van der Waals surface area contributed by atoms with Crippen molar-refractivity contribution in [3.05, 3.63) is 35.4 Å². The summed E-state index contributed by atoms with van der Waals surface area (Å²) in [5.41, 5.74) is 2.24. The van der Waals surface area contributed by atoms with Gasteiger partial charge in [-0.25, -0.2) is 9.18 Å². The number of halogens is 1. The maximum absolute atomic E-state index is 12.3. The number of nitrogens with one attached hydrogen (secondary N) is 1. The number of amides is 1. The highest BCUT2D eigenvalue weighted by molar-refractivity contribution is 7.99. The number of carboxylic acids is 1. The van der Waals surface area contributed by atoms with Crippen LogP contribution in [0, 0.1) is 6.92 Å². The van der Waals surface area contributed by atoms with Gasteiger partial charge in [0.05, 0.1) is 5.75 Å². The number of hydrogen-bond donors (Lipinski definition) is 2. The van der Waals surface area contributed by atoms with E-state index in [0.29, 0.717) is 5.75 Å².